The molecule has 4 aromatic carbocycles. The molecule has 0 fully saturated rings. The van der Waals surface area contributed by atoms with Crippen LogP contribution in [-0.2, 0) is 31.1 Å². The molecule has 50 heavy (non-hydrogen) atoms. The monoisotopic (exact) mass is 727 g/mol. The van der Waals surface area contributed by atoms with Crippen LogP contribution in [0.15, 0.2) is 122 Å². The lowest BCUT2D eigenvalue weighted by atomic mass is 9.78. The summed E-state index contributed by atoms with van der Waals surface area (Å²) in [4.78, 5) is 1.92. The summed E-state index contributed by atoms with van der Waals surface area (Å²) in [6, 6.07) is 17.3. The molecule has 0 bridgehead atoms. The molecular formula is C40H38ClNO6S2. The minimum atomic E-state index is -4.31. The summed E-state index contributed by atoms with van der Waals surface area (Å²) in [5, 5.41) is 4.14. The molecule has 7 nitrogen and oxygen atoms in total. The number of rotatable bonds is 5. The molecule has 4 aromatic rings. The highest BCUT2D eigenvalue weighted by molar-refractivity contribution is 7.86. The normalized spacial score (nSPS) is 20.4. The van der Waals surface area contributed by atoms with Crippen LogP contribution < -0.4 is 4.90 Å². The molecule has 2 N–H and O–H groups in total. The molecule has 7 rings (SSSR count). The zero-order chi connectivity index (χ0) is 36.1. The second-order valence-electron chi connectivity index (χ2n) is 14.4. The van der Waals surface area contributed by atoms with Crippen molar-refractivity contribution in [3.63, 3.8) is 0 Å². The molecule has 3 aliphatic rings. The summed E-state index contributed by atoms with van der Waals surface area (Å²) in [6.45, 7) is 10.8. The van der Waals surface area contributed by atoms with Crippen molar-refractivity contribution >= 4 is 64.6 Å². The number of fused-ring (bicyclic) bond motifs is 6. The fourth-order valence-corrected chi connectivity index (χ4v) is 9.64. The van der Waals surface area contributed by atoms with E-state index in [0.717, 1.165) is 84.2 Å². The van der Waals surface area contributed by atoms with E-state index in [1.54, 1.807) is 12.1 Å². The van der Waals surface area contributed by atoms with Crippen LogP contribution in [0.25, 0.3) is 27.1 Å². The van der Waals surface area contributed by atoms with Gasteiger partial charge in [-0.15, -0.1) is 0 Å². The Kier molecular flexibility index (Phi) is 7.94. The molecule has 1 heterocycles. The van der Waals surface area contributed by atoms with Crippen molar-refractivity contribution in [2.75, 3.05) is 11.9 Å². The second-order valence-corrected chi connectivity index (χ2v) is 17.6. The van der Waals surface area contributed by atoms with Gasteiger partial charge in [0.1, 0.15) is 0 Å². The summed E-state index contributed by atoms with van der Waals surface area (Å²) in [5.74, 6) is 0. The van der Waals surface area contributed by atoms with Gasteiger partial charge in [-0.25, -0.2) is 0 Å². The van der Waals surface area contributed by atoms with E-state index in [-0.39, 0.29) is 20.6 Å². The van der Waals surface area contributed by atoms with Crippen molar-refractivity contribution in [3.8, 4) is 0 Å². The van der Waals surface area contributed by atoms with Crippen LogP contribution in [0.1, 0.15) is 64.2 Å². The Hall–Kier alpha value is -3.99. The molecule has 10 heteroatoms. The van der Waals surface area contributed by atoms with Crippen molar-refractivity contribution in [1.82, 2.24) is 0 Å². The lowest BCUT2D eigenvalue weighted by molar-refractivity contribution is 0.481. The topological polar surface area (TPSA) is 112 Å². The Morgan fingerprint density at radius 1 is 0.740 bits per heavy atom. The third kappa shape index (κ3) is 5.38. The number of nitrogens with zero attached hydrogens (tertiary/aromatic N) is 1. The Morgan fingerprint density at radius 2 is 1.32 bits per heavy atom. The second kappa shape index (κ2) is 11.5. The van der Waals surface area contributed by atoms with Gasteiger partial charge in [-0.05, 0) is 117 Å². The minimum absolute atomic E-state index is 0.120. The highest BCUT2D eigenvalue weighted by atomic mass is 35.5. The van der Waals surface area contributed by atoms with E-state index in [4.69, 9.17) is 11.6 Å². The molecule has 258 valence electrons. The van der Waals surface area contributed by atoms with Crippen molar-refractivity contribution in [1.29, 1.82) is 0 Å². The van der Waals surface area contributed by atoms with E-state index < -0.39 is 20.2 Å². The highest BCUT2D eigenvalue weighted by Gasteiger charge is 2.40. The van der Waals surface area contributed by atoms with E-state index in [0.29, 0.717) is 0 Å². The predicted molar refractivity (Wildman–Crippen MR) is 202 cm³/mol. The summed E-state index contributed by atoms with van der Waals surface area (Å²) >= 11 is 7.03. The first kappa shape index (κ1) is 34.5. The van der Waals surface area contributed by atoms with E-state index in [9.17, 15) is 25.9 Å². The quantitative estimate of drug-likeness (QED) is 0.197. The number of hydrogen-bond donors (Lipinski definition) is 2. The molecule has 0 unspecified atom stereocenters. The lowest BCUT2D eigenvalue weighted by Crippen LogP contribution is -2.22. The van der Waals surface area contributed by atoms with Gasteiger partial charge < -0.3 is 4.90 Å². The summed E-state index contributed by atoms with van der Waals surface area (Å²) < 4.78 is 66.2. The smallest absolute Gasteiger partial charge is 0.294 e. The number of halogens is 1. The molecular weight excluding hydrogens is 690 g/mol. The molecule has 0 radical (unpaired) electrons. The fraction of sp³-hybridized carbons (Fsp3) is 0.250. The molecule has 0 spiro atoms. The SMILES string of the molecule is CC1=C(C=CC2=C(Cl)/C(=C/C=C3N(C)c4ccc5cc(S(=O)(=O)O)ccc5c4C3(C)C)CC2)C(C)(C)c2c1ccc1cc(S(=O)(=O)O)ccc21. The molecule has 0 aromatic heterocycles. The van der Waals surface area contributed by atoms with E-state index in [1.165, 1.54) is 29.8 Å². The van der Waals surface area contributed by atoms with Gasteiger partial charge in [0.15, 0.2) is 0 Å². The molecule has 0 amide bonds. The van der Waals surface area contributed by atoms with Crippen molar-refractivity contribution < 1.29 is 25.9 Å². The molecule has 2 aliphatic carbocycles. The number of anilines is 1. The van der Waals surface area contributed by atoms with Crippen LogP contribution in [0.2, 0.25) is 0 Å². The van der Waals surface area contributed by atoms with Gasteiger partial charge >= 0.3 is 0 Å². The van der Waals surface area contributed by atoms with Crippen molar-refractivity contribution in [2.45, 2.75) is 68.1 Å². The number of hydrogen-bond acceptors (Lipinski definition) is 5. The summed E-state index contributed by atoms with van der Waals surface area (Å²) in [5.41, 5.74) is 9.18. The Morgan fingerprint density at radius 3 is 1.92 bits per heavy atom. The maximum absolute atomic E-state index is 11.8. The first-order chi connectivity index (χ1) is 23.3. The van der Waals surface area contributed by atoms with Gasteiger partial charge in [0.25, 0.3) is 20.2 Å². The van der Waals surface area contributed by atoms with Crippen LogP contribution in [0, 0.1) is 0 Å². The third-order valence-corrected chi connectivity index (χ3v) is 13.0. The molecule has 0 saturated carbocycles. The fourth-order valence-electron chi connectivity index (χ4n) is 8.30. The standard InChI is InChI=1S/C40H38ClNO6S2/c1-23-30-15-9-26-21-28(49(43,44)45)13-16-31(26)36(30)39(2,3)33(23)18-10-24-7-8-25(38(24)41)12-20-35-40(4,5)37-32-17-14-29(50(46,47)48)22-27(32)11-19-34(37)42(35)6/h9-22H,7-8H2,1-6H3,(H,43,44,45)(H,46,47,48)/b18-10?,25-12+,35-20?. The van der Waals surface area contributed by atoms with Crippen LogP contribution >= 0.6 is 11.6 Å². The number of likely N-dealkylation sites (N-methyl/N-ethyl adjacent to an activating group) is 1. The Balaban J connectivity index is 1.19. The van der Waals surface area contributed by atoms with E-state index >= 15 is 0 Å². The van der Waals surface area contributed by atoms with Crippen LogP contribution in [0.4, 0.5) is 5.69 Å². The summed E-state index contributed by atoms with van der Waals surface area (Å²) in [7, 11) is -6.58. The highest BCUT2D eigenvalue weighted by Crippen LogP contribution is 2.52. The van der Waals surface area contributed by atoms with Gasteiger partial charge in [0.05, 0.1) is 9.79 Å². The van der Waals surface area contributed by atoms with E-state index in [2.05, 4.69) is 63.8 Å². The van der Waals surface area contributed by atoms with E-state index in [1.807, 2.05) is 31.3 Å². The molecule has 1 aliphatic heterocycles. The maximum atomic E-state index is 11.8. The van der Waals surface area contributed by atoms with Gasteiger partial charge in [-0.3, -0.25) is 9.11 Å². The summed E-state index contributed by atoms with van der Waals surface area (Å²) in [6.07, 6.45) is 10.1. The average molecular weight is 728 g/mol. The largest absolute Gasteiger partial charge is 0.347 e. The van der Waals surface area contributed by atoms with Crippen LogP contribution in [-0.4, -0.2) is 33.0 Å². The van der Waals surface area contributed by atoms with Crippen molar-refractivity contribution in [3.05, 3.63) is 129 Å². The minimum Gasteiger partial charge on any atom is -0.347 e. The maximum Gasteiger partial charge on any atom is 0.294 e. The van der Waals surface area contributed by atoms with Gasteiger partial charge in [-0.1, -0.05) is 87.9 Å². The molecule has 0 saturated heterocycles. The van der Waals surface area contributed by atoms with Gasteiger partial charge in [0, 0.05) is 34.3 Å². The predicted octanol–water partition coefficient (Wildman–Crippen LogP) is 9.63. The third-order valence-electron chi connectivity index (χ3n) is 10.8. The lowest BCUT2D eigenvalue weighted by Gasteiger charge is -2.25. The van der Waals surface area contributed by atoms with Crippen LogP contribution in [0.5, 0.6) is 0 Å². The van der Waals surface area contributed by atoms with Gasteiger partial charge in [-0.2, -0.15) is 16.8 Å². The average Bonchev–Trinajstić information content (AvgIpc) is 3.56. The molecule has 0 atom stereocenters. The number of benzene rings is 4. The first-order valence-corrected chi connectivity index (χ1v) is 19.6. The van der Waals surface area contributed by atoms with Crippen LogP contribution in [0.3, 0.4) is 0 Å². The van der Waals surface area contributed by atoms with Crippen molar-refractivity contribution in [2.24, 2.45) is 0 Å². The zero-order valence-corrected chi connectivity index (χ0v) is 31.1. The Labute approximate surface area is 298 Å². The number of allylic oxidation sites excluding steroid dienone is 10. The van der Waals surface area contributed by atoms with Gasteiger partial charge in [0.2, 0.25) is 0 Å². The zero-order valence-electron chi connectivity index (χ0n) is 28.7. The Bertz CT molecular complexity index is 2570. The first-order valence-electron chi connectivity index (χ1n) is 16.3.